The Labute approximate surface area is 196 Å². The lowest BCUT2D eigenvalue weighted by atomic mass is 10.0. The summed E-state index contributed by atoms with van der Waals surface area (Å²) in [7, 11) is 0. The third-order valence-electron chi connectivity index (χ3n) is 5.00. The van der Waals surface area contributed by atoms with Gasteiger partial charge in [0.15, 0.2) is 0 Å². The van der Waals surface area contributed by atoms with Crippen molar-refractivity contribution in [1.82, 2.24) is 0 Å². The first-order valence-electron chi connectivity index (χ1n) is 10.7. The average Bonchev–Trinajstić information content (AvgIpc) is 2.73. The molecule has 0 aromatic heterocycles. The number of rotatable bonds is 13. The zero-order chi connectivity index (χ0) is 21.2. The van der Waals surface area contributed by atoms with E-state index < -0.39 is 0 Å². The van der Waals surface area contributed by atoms with Crippen molar-refractivity contribution in [1.29, 1.82) is 0 Å². The van der Waals surface area contributed by atoms with E-state index >= 15 is 0 Å². The maximum absolute atomic E-state index is 2.37. The Morgan fingerprint density at radius 3 is 1.31 bits per heavy atom. The molecule has 0 aliphatic carbocycles. The summed E-state index contributed by atoms with van der Waals surface area (Å²) in [4.78, 5) is 0. The number of benzene rings is 2. The quantitative estimate of drug-likeness (QED) is 0.271. The number of thioether (sulfide) groups is 4. The predicted octanol–water partition coefficient (Wildman–Crippen LogP) is 8.79. The molecule has 0 N–H and O–H groups in total. The van der Waals surface area contributed by atoms with Crippen LogP contribution in [0.1, 0.15) is 57.2 Å². The molecule has 0 unspecified atom stereocenters. The molecule has 0 bridgehead atoms. The van der Waals surface area contributed by atoms with Crippen LogP contribution < -0.4 is 0 Å². The van der Waals surface area contributed by atoms with Gasteiger partial charge in [0.05, 0.1) is 8.16 Å². The van der Waals surface area contributed by atoms with Crippen LogP contribution in [0, 0.1) is 6.92 Å². The van der Waals surface area contributed by atoms with Crippen molar-refractivity contribution in [3.8, 4) is 0 Å². The van der Waals surface area contributed by atoms with Crippen molar-refractivity contribution < 1.29 is 0 Å². The van der Waals surface area contributed by atoms with Crippen LogP contribution in [-0.2, 0) is 8.16 Å². The summed E-state index contributed by atoms with van der Waals surface area (Å²) in [6.45, 7) is 11.4. The average molecular weight is 465 g/mol. The molecule has 29 heavy (non-hydrogen) atoms. The highest BCUT2D eigenvalue weighted by molar-refractivity contribution is 8.18. The van der Waals surface area contributed by atoms with E-state index in [2.05, 4.69) is 136 Å². The molecule has 0 aliphatic heterocycles. The Kier molecular flexibility index (Phi) is 10.9. The van der Waals surface area contributed by atoms with Crippen LogP contribution in [0.5, 0.6) is 0 Å². The molecule has 0 spiro atoms. The van der Waals surface area contributed by atoms with Crippen LogP contribution in [-0.4, -0.2) is 23.0 Å². The first-order valence-corrected chi connectivity index (χ1v) is 14.7. The van der Waals surface area contributed by atoms with E-state index in [-0.39, 0.29) is 8.16 Å². The molecule has 2 rings (SSSR count). The van der Waals surface area contributed by atoms with Gasteiger partial charge in [0.2, 0.25) is 0 Å². The maximum Gasteiger partial charge on any atom is 0.0860 e. The van der Waals surface area contributed by atoms with Gasteiger partial charge in [-0.05, 0) is 53.9 Å². The highest BCUT2D eigenvalue weighted by Crippen LogP contribution is 2.56. The fourth-order valence-corrected chi connectivity index (χ4v) is 9.90. The molecule has 2 aromatic rings. The Morgan fingerprint density at radius 2 is 0.931 bits per heavy atom. The second-order valence-corrected chi connectivity index (χ2v) is 13.7. The Hall–Kier alpha value is -0.160. The molecular formula is C25H36S4. The lowest BCUT2D eigenvalue weighted by Crippen LogP contribution is -2.26. The third-order valence-corrected chi connectivity index (χ3v) is 11.2. The van der Waals surface area contributed by atoms with Crippen LogP contribution in [0.15, 0.2) is 54.6 Å². The van der Waals surface area contributed by atoms with Gasteiger partial charge in [-0.15, -0.1) is 47.0 Å². The van der Waals surface area contributed by atoms with Crippen molar-refractivity contribution in [3.63, 3.8) is 0 Å². The van der Waals surface area contributed by atoms with E-state index in [0.717, 1.165) is 23.0 Å². The first-order chi connectivity index (χ1) is 14.1. The summed E-state index contributed by atoms with van der Waals surface area (Å²) >= 11 is 8.49. The highest BCUT2D eigenvalue weighted by Gasteiger charge is 2.39. The third kappa shape index (κ3) is 6.66. The molecule has 4 heteroatoms. The number of hydrogen-bond acceptors (Lipinski definition) is 4. The van der Waals surface area contributed by atoms with Crippen molar-refractivity contribution in [3.05, 3.63) is 71.3 Å². The molecular weight excluding hydrogens is 429 g/mol. The Morgan fingerprint density at radius 1 is 0.552 bits per heavy atom. The van der Waals surface area contributed by atoms with Crippen molar-refractivity contribution in [2.24, 2.45) is 0 Å². The maximum atomic E-state index is 2.37. The lowest BCUT2D eigenvalue weighted by Gasteiger charge is -2.39. The van der Waals surface area contributed by atoms with Crippen LogP contribution in [0.3, 0.4) is 0 Å². The fourth-order valence-electron chi connectivity index (χ4n) is 3.76. The second kappa shape index (κ2) is 12.6. The first kappa shape index (κ1) is 25.1. The molecule has 0 amide bonds. The van der Waals surface area contributed by atoms with Crippen LogP contribution >= 0.6 is 47.0 Å². The molecule has 0 fully saturated rings. The van der Waals surface area contributed by atoms with Crippen LogP contribution in [0.4, 0.5) is 0 Å². The van der Waals surface area contributed by atoms with Gasteiger partial charge in [-0.1, -0.05) is 87.9 Å². The van der Waals surface area contributed by atoms with E-state index in [1.807, 2.05) is 0 Å². The second-order valence-electron chi connectivity index (χ2n) is 6.97. The van der Waals surface area contributed by atoms with Gasteiger partial charge in [-0.2, -0.15) is 0 Å². The molecule has 0 saturated heterocycles. The molecule has 0 heterocycles. The summed E-state index contributed by atoms with van der Waals surface area (Å²) < 4.78 is 0.253. The molecule has 0 radical (unpaired) electrons. The van der Waals surface area contributed by atoms with Crippen LogP contribution in [0.2, 0.25) is 0 Å². The highest BCUT2D eigenvalue weighted by atomic mass is 32.2. The fraction of sp³-hybridized carbons (Fsp3) is 0.520. The Balaban J connectivity index is 2.42. The zero-order valence-corrected chi connectivity index (χ0v) is 21.8. The minimum atomic E-state index is 0.125. The van der Waals surface area contributed by atoms with E-state index in [4.69, 9.17) is 0 Å². The minimum Gasteiger partial charge on any atom is -0.140 e. The van der Waals surface area contributed by atoms with Gasteiger partial charge in [0.25, 0.3) is 0 Å². The lowest BCUT2D eigenvalue weighted by molar-refractivity contribution is 0.652. The monoisotopic (exact) mass is 464 g/mol. The van der Waals surface area contributed by atoms with Gasteiger partial charge in [0.1, 0.15) is 0 Å². The van der Waals surface area contributed by atoms with Gasteiger partial charge >= 0.3 is 0 Å². The number of aryl methyl sites for hydroxylation is 1. The summed E-state index contributed by atoms with van der Waals surface area (Å²) in [5, 5.41) is 0. The Bertz CT molecular complexity index is 685. The van der Waals surface area contributed by atoms with Gasteiger partial charge in [-0.3, -0.25) is 0 Å². The van der Waals surface area contributed by atoms with Gasteiger partial charge < -0.3 is 0 Å². The van der Waals surface area contributed by atoms with Gasteiger partial charge in [-0.25, -0.2) is 0 Å². The van der Waals surface area contributed by atoms with Crippen LogP contribution in [0.25, 0.3) is 0 Å². The minimum absolute atomic E-state index is 0.125. The molecule has 160 valence electrons. The molecule has 2 aromatic carbocycles. The van der Waals surface area contributed by atoms with Gasteiger partial charge in [0, 0.05) is 0 Å². The largest absolute Gasteiger partial charge is 0.140 e. The number of hydrogen-bond donors (Lipinski definition) is 0. The van der Waals surface area contributed by atoms with E-state index in [9.17, 15) is 0 Å². The van der Waals surface area contributed by atoms with E-state index in [1.165, 1.54) is 29.5 Å². The summed E-state index contributed by atoms with van der Waals surface area (Å²) in [6, 6.07) is 20.5. The summed E-state index contributed by atoms with van der Waals surface area (Å²) in [5.41, 5.74) is 4.29. The van der Waals surface area contributed by atoms with Crippen molar-refractivity contribution in [2.75, 3.05) is 23.0 Å². The summed E-state index contributed by atoms with van der Waals surface area (Å²) in [5.74, 6) is 4.56. The molecule has 0 aliphatic rings. The zero-order valence-electron chi connectivity index (χ0n) is 18.6. The molecule has 0 saturated carbocycles. The SMILES string of the molecule is CCSC(CCC(SCC)(SCC)c1ccc(C)cc1)(SCC)c1ccccc1. The standard InChI is InChI=1S/C25H36S4/c1-6-26-24(27-7-2,22-13-11-10-12-14-22)19-20-25(28-8-3,29-9-4)23-17-15-21(5)16-18-23/h10-18H,6-9,19-20H2,1-5H3. The van der Waals surface area contributed by atoms with Crippen molar-refractivity contribution >= 4 is 47.0 Å². The smallest absolute Gasteiger partial charge is 0.0860 e. The summed E-state index contributed by atoms with van der Waals surface area (Å²) in [6.07, 6.45) is 2.36. The van der Waals surface area contributed by atoms with Crippen molar-refractivity contribution in [2.45, 2.75) is 55.6 Å². The normalized spacial score (nSPS) is 12.3. The van der Waals surface area contributed by atoms with E-state index in [0.29, 0.717) is 0 Å². The van der Waals surface area contributed by atoms with E-state index in [1.54, 1.807) is 0 Å². The molecule has 0 nitrogen and oxygen atoms in total. The molecule has 0 atom stereocenters. The predicted molar refractivity (Wildman–Crippen MR) is 143 cm³/mol. The topological polar surface area (TPSA) is 0 Å².